The Morgan fingerprint density at radius 3 is 2.69 bits per heavy atom. The van der Waals surface area contributed by atoms with Crippen LogP contribution in [0.5, 0.6) is 0 Å². The number of rotatable bonds is 7. The average Bonchev–Trinajstić information content (AvgIpc) is 3.29. The number of nitro benzene ring substituents is 1. The van der Waals surface area contributed by atoms with Crippen molar-refractivity contribution < 1.29 is 24.0 Å². The lowest BCUT2D eigenvalue weighted by Crippen LogP contribution is -2.18. The number of hydrogen-bond donors (Lipinski definition) is 0. The fourth-order valence-corrected chi connectivity index (χ4v) is 3.71. The molecule has 8 heteroatoms. The minimum absolute atomic E-state index is 0.141. The van der Waals surface area contributed by atoms with Crippen LogP contribution in [0, 0.1) is 30.9 Å². The SMILES string of the molecule is Cc1cccc(C(=O)OCC(=O)c2cc(C)n(C[C@H]3CCCO3)c2C)c1[N+](=O)[O-]. The molecule has 1 aliphatic rings. The van der Waals surface area contributed by atoms with Gasteiger partial charge in [0.25, 0.3) is 5.69 Å². The van der Waals surface area contributed by atoms with Crippen LogP contribution in [0.25, 0.3) is 0 Å². The van der Waals surface area contributed by atoms with Gasteiger partial charge in [0, 0.05) is 35.7 Å². The summed E-state index contributed by atoms with van der Waals surface area (Å²) in [6, 6.07) is 6.18. The zero-order valence-electron chi connectivity index (χ0n) is 16.8. The maximum Gasteiger partial charge on any atom is 0.345 e. The smallest absolute Gasteiger partial charge is 0.345 e. The van der Waals surface area contributed by atoms with Gasteiger partial charge in [0.2, 0.25) is 5.78 Å². The number of nitrogens with zero attached hydrogens (tertiary/aromatic N) is 2. The molecule has 2 heterocycles. The van der Waals surface area contributed by atoms with Crippen LogP contribution in [-0.4, -0.2) is 40.6 Å². The molecule has 1 aliphatic heterocycles. The molecule has 1 atom stereocenters. The molecule has 0 N–H and O–H groups in total. The van der Waals surface area contributed by atoms with E-state index in [1.165, 1.54) is 6.07 Å². The average molecular weight is 400 g/mol. The first-order chi connectivity index (χ1) is 13.8. The number of nitro groups is 1. The van der Waals surface area contributed by atoms with Crippen molar-refractivity contribution in [2.45, 2.75) is 46.3 Å². The van der Waals surface area contributed by atoms with Gasteiger partial charge in [-0.25, -0.2) is 4.79 Å². The Morgan fingerprint density at radius 1 is 1.28 bits per heavy atom. The van der Waals surface area contributed by atoms with Gasteiger partial charge < -0.3 is 14.0 Å². The largest absolute Gasteiger partial charge is 0.454 e. The highest BCUT2D eigenvalue weighted by molar-refractivity contribution is 6.01. The number of ketones is 1. The van der Waals surface area contributed by atoms with E-state index in [2.05, 4.69) is 0 Å². The summed E-state index contributed by atoms with van der Waals surface area (Å²) in [5.74, 6) is -1.23. The molecule has 2 aromatic rings. The third-order valence-corrected chi connectivity index (χ3v) is 5.26. The summed E-state index contributed by atoms with van der Waals surface area (Å²) >= 11 is 0. The third-order valence-electron chi connectivity index (χ3n) is 5.26. The van der Waals surface area contributed by atoms with E-state index in [-0.39, 0.29) is 23.1 Å². The first-order valence-corrected chi connectivity index (χ1v) is 9.52. The number of aromatic nitrogens is 1. The van der Waals surface area contributed by atoms with E-state index in [0.717, 1.165) is 30.8 Å². The molecule has 0 radical (unpaired) electrons. The second-order valence-electron chi connectivity index (χ2n) is 7.26. The van der Waals surface area contributed by atoms with Crippen molar-refractivity contribution in [3.8, 4) is 0 Å². The lowest BCUT2D eigenvalue weighted by Gasteiger charge is -2.14. The molecule has 0 saturated carbocycles. The van der Waals surface area contributed by atoms with E-state index in [0.29, 0.717) is 17.7 Å². The molecule has 1 fully saturated rings. The van der Waals surface area contributed by atoms with Crippen molar-refractivity contribution in [3.63, 3.8) is 0 Å². The third kappa shape index (κ3) is 4.37. The summed E-state index contributed by atoms with van der Waals surface area (Å²) in [6.07, 6.45) is 2.17. The van der Waals surface area contributed by atoms with Crippen LogP contribution in [0.15, 0.2) is 24.3 Å². The molecule has 3 rings (SSSR count). The number of carbonyl (C=O) groups excluding carboxylic acids is 2. The summed E-state index contributed by atoms with van der Waals surface area (Å²) in [4.78, 5) is 35.6. The zero-order valence-corrected chi connectivity index (χ0v) is 16.8. The number of para-hydroxylation sites is 1. The van der Waals surface area contributed by atoms with Crippen molar-refractivity contribution in [1.82, 2.24) is 4.57 Å². The van der Waals surface area contributed by atoms with E-state index in [1.807, 2.05) is 18.4 Å². The minimum Gasteiger partial charge on any atom is -0.454 e. The molecule has 1 aromatic carbocycles. The van der Waals surface area contributed by atoms with Crippen LogP contribution in [0.4, 0.5) is 5.69 Å². The van der Waals surface area contributed by atoms with E-state index in [9.17, 15) is 19.7 Å². The highest BCUT2D eigenvalue weighted by atomic mass is 16.6. The number of aryl methyl sites for hydroxylation is 2. The summed E-state index contributed by atoms with van der Waals surface area (Å²) < 4.78 is 12.8. The van der Waals surface area contributed by atoms with E-state index in [1.54, 1.807) is 25.1 Å². The standard InChI is InChI=1S/C21H24N2O6/c1-13-6-4-8-17(20(13)23(26)27)21(25)29-12-19(24)18-10-14(2)22(15(18)3)11-16-7-5-9-28-16/h4,6,8,10,16H,5,7,9,11-12H2,1-3H3/t16-/m1/s1. The van der Waals surface area contributed by atoms with Gasteiger partial charge in [0.1, 0.15) is 5.56 Å². The topological polar surface area (TPSA) is 101 Å². The second-order valence-corrected chi connectivity index (χ2v) is 7.26. The van der Waals surface area contributed by atoms with Gasteiger partial charge in [-0.05, 0) is 45.7 Å². The van der Waals surface area contributed by atoms with Gasteiger partial charge in [-0.2, -0.15) is 0 Å². The molecule has 0 aliphatic carbocycles. The molecule has 8 nitrogen and oxygen atoms in total. The lowest BCUT2D eigenvalue weighted by atomic mass is 10.1. The van der Waals surface area contributed by atoms with Crippen molar-refractivity contribution in [2.24, 2.45) is 0 Å². The minimum atomic E-state index is -0.887. The van der Waals surface area contributed by atoms with Crippen LogP contribution in [0.2, 0.25) is 0 Å². The Hall–Kier alpha value is -3.00. The summed E-state index contributed by atoms with van der Waals surface area (Å²) in [5, 5.41) is 11.3. The summed E-state index contributed by atoms with van der Waals surface area (Å²) in [5.41, 5.74) is 2.09. The number of carbonyl (C=O) groups is 2. The van der Waals surface area contributed by atoms with Gasteiger partial charge in [0.05, 0.1) is 11.0 Å². The Morgan fingerprint density at radius 2 is 2.03 bits per heavy atom. The molecule has 154 valence electrons. The Balaban J connectivity index is 1.71. The van der Waals surface area contributed by atoms with Gasteiger partial charge in [-0.3, -0.25) is 14.9 Å². The number of benzene rings is 1. The predicted molar refractivity (Wildman–Crippen MR) is 105 cm³/mol. The van der Waals surface area contributed by atoms with E-state index >= 15 is 0 Å². The van der Waals surface area contributed by atoms with E-state index in [4.69, 9.17) is 9.47 Å². The van der Waals surface area contributed by atoms with Crippen LogP contribution in [0.3, 0.4) is 0 Å². The lowest BCUT2D eigenvalue weighted by molar-refractivity contribution is -0.385. The number of hydrogen-bond acceptors (Lipinski definition) is 6. The van der Waals surface area contributed by atoms with Crippen LogP contribution in [-0.2, 0) is 16.0 Å². The van der Waals surface area contributed by atoms with Crippen LogP contribution >= 0.6 is 0 Å². The molecule has 0 unspecified atom stereocenters. The molecule has 29 heavy (non-hydrogen) atoms. The summed E-state index contributed by atoms with van der Waals surface area (Å²) in [6.45, 7) is 6.28. The highest BCUT2D eigenvalue weighted by Crippen LogP contribution is 2.24. The molecular formula is C21H24N2O6. The predicted octanol–water partition coefficient (Wildman–Crippen LogP) is 3.54. The van der Waals surface area contributed by atoms with Crippen molar-refractivity contribution in [2.75, 3.05) is 13.2 Å². The van der Waals surface area contributed by atoms with Gasteiger partial charge in [-0.1, -0.05) is 12.1 Å². The normalized spacial score (nSPS) is 16.0. The monoisotopic (exact) mass is 400 g/mol. The first-order valence-electron chi connectivity index (χ1n) is 9.52. The highest BCUT2D eigenvalue weighted by Gasteiger charge is 2.25. The maximum atomic E-state index is 12.6. The van der Waals surface area contributed by atoms with Crippen molar-refractivity contribution >= 4 is 17.4 Å². The number of esters is 1. The molecule has 0 bridgehead atoms. The van der Waals surface area contributed by atoms with Gasteiger partial charge in [0.15, 0.2) is 6.61 Å². The molecule has 1 saturated heterocycles. The van der Waals surface area contributed by atoms with Gasteiger partial charge >= 0.3 is 5.97 Å². The quantitative estimate of drug-likeness (QED) is 0.305. The maximum absolute atomic E-state index is 12.6. The zero-order chi connectivity index (χ0) is 21.1. The van der Waals surface area contributed by atoms with Crippen molar-refractivity contribution in [3.05, 3.63) is 62.5 Å². The van der Waals surface area contributed by atoms with Crippen molar-refractivity contribution in [1.29, 1.82) is 0 Å². The Kier molecular flexibility index (Phi) is 6.12. The molecule has 0 spiro atoms. The van der Waals surface area contributed by atoms with Gasteiger partial charge in [-0.15, -0.1) is 0 Å². The van der Waals surface area contributed by atoms with Crippen LogP contribution < -0.4 is 0 Å². The molecule has 1 aromatic heterocycles. The fourth-order valence-electron chi connectivity index (χ4n) is 3.71. The number of ether oxygens (including phenoxy) is 2. The molecule has 0 amide bonds. The van der Waals surface area contributed by atoms with Crippen LogP contribution in [0.1, 0.15) is 50.5 Å². The Labute approximate surface area is 168 Å². The van der Waals surface area contributed by atoms with E-state index < -0.39 is 17.5 Å². The first kappa shape index (κ1) is 20.7. The molecular weight excluding hydrogens is 376 g/mol. The second kappa shape index (κ2) is 8.57. The fraction of sp³-hybridized carbons (Fsp3) is 0.429. The number of Topliss-reactive ketones (excluding diaryl/α,β-unsaturated/α-hetero) is 1. The Bertz CT molecular complexity index is 956. The summed E-state index contributed by atoms with van der Waals surface area (Å²) in [7, 11) is 0.